The maximum absolute atomic E-state index is 15.4. The Morgan fingerprint density at radius 2 is 1.58 bits per heavy atom. The van der Waals surface area contributed by atoms with Crippen LogP contribution in [0, 0.1) is 13.8 Å². The smallest absolute Gasteiger partial charge is 0.411 e. The summed E-state index contributed by atoms with van der Waals surface area (Å²) in [6.45, 7) is 15.6. The Kier molecular flexibility index (Phi) is 12.6. The van der Waals surface area contributed by atoms with Gasteiger partial charge in [-0.25, -0.2) is 14.6 Å². The minimum Gasteiger partial charge on any atom is -0.496 e. The molecule has 1 aliphatic carbocycles. The van der Waals surface area contributed by atoms with Crippen molar-refractivity contribution >= 4 is 58.2 Å². The molecule has 2 aliphatic heterocycles. The molecule has 3 heterocycles. The predicted octanol–water partition coefficient (Wildman–Crippen LogP) is 9.11. The minimum atomic E-state index is -0.834. The summed E-state index contributed by atoms with van der Waals surface area (Å²) in [5.41, 5.74) is 2.46. The third kappa shape index (κ3) is 10.1. The van der Waals surface area contributed by atoms with Crippen molar-refractivity contribution in [2.45, 2.75) is 111 Å². The van der Waals surface area contributed by atoms with Crippen LogP contribution in [-0.4, -0.2) is 101 Å². The number of carbonyl (C=O) groups excluding carboxylic acids is 3. The summed E-state index contributed by atoms with van der Waals surface area (Å²) in [4.78, 5) is 53.6. The van der Waals surface area contributed by atoms with Crippen LogP contribution in [0.4, 0.5) is 9.59 Å². The van der Waals surface area contributed by atoms with Crippen molar-refractivity contribution in [3.63, 3.8) is 0 Å². The highest BCUT2D eigenvalue weighted by atomic mass is 35.5. The number of carbonyl (C=O) groups is 3. The van der Waals surface area contributed by atoms with Gasteiger partial charge in [-0.05, 0) is 115 Å². The van der Waals surface area contributed by atoms with Crippen LogP contribution >= 0.6 is 34.5 Å². The van der Waals surface area contributed by atoms with Crippen molar-refractivity contribution in [1.82, 2.24) is 19.7 Å². The molecule has 2 atom stereocenters. The fourth-order valence-corrected chi connectivity index (χ4v) is 8.75. The number of hydrogen-bond acceptors (Lipinski definition) is 10. The van der Waals surface area contributed by atoms with Crippen LogP contribution in [0.3, 0.4) is 0 Å². The van der Waals surface area contributed by atoms with E-state index in [-0.39, 0.29) is 44.7 Å². The Bertz CT molecular complexity index is 2010. The van der Waals surface area contributed by atoms with Crippen molar-refractivity contribution in [2.24, 2.45) is 0 Å². The van der Waals surface area contributed by atoms with E-state index in [1.165, 1.54) is 11.3 Å². The van der Waals surface area contributed by atoms with Gasteiger partial charge in [0.05, 0.1) is 34.1 Å². The maximum atomic E-state index is 15.4. The number of piperazine rings is 1. The van der Waals surface area contributed by atoms with E-state index in [0.717, 1.165) is 45.7 Å². The summed E-state index contributed by atoms with van der Waals surface area (Å²) in [7, 11) is 1.63. The van der Waals surface area contributed by atoms with Gasteiger partial charge in [-0.3, -0.25) is 9.69 Å². The Morgan fingerprint density at radius 1 is 0.930 bits per heavy atom. The highest BCUT2D eigenvalue weighted by molar-refractivity contribution is 7.14. The molecule has 3 aromatic rings. The molecular weight excluding hydrogens is 791 g/mol. The lowest BCUT2D eigenvalue weighted by molar-refractivity contribution is -0.129. The molecule has 0 spiro atoms. The second-order valence-electron chi connectivity index (χ2n) is 16.7. The highest BCUT2D eigenvalue weighted by Gasteiger charge is 2.51. The number of fused-ring (bicyclic) bond motifs is 2. The third-order valence-electron chi connectivity index (χ3n) is 9.82. The van der Waals surface area contributed by atoms with Crippen LogP contribution in [0.2, 0.25) is 10.0 Å². The van der Waals surface area contributed by atoms with Gasteiger partial charge in [-0.15, -0.1) is 0 Å². The first-order valence-corrected chi connectivity index (χ1v) is 20.7. The van der Waals surface area contributed by atoms with E-state index < -0.39 is 35.5 Å². The Morgan fingerprint density at radius 3 is 2.21 bits per heavy atom. The number of nitrogens with zero attached hydrogens (tertiary/aromatic N) is 4. The second-order valence-corrected chi connectivity index (χ2v) is 18.5. The van der Waals surface area contributed by atoms with E-state index in [4.69, 9.17) is 46.9 Å². The zero-order chi connectivity index (χ0) is 41.4. The SMILES string of the molecule is COc1cccc(CN(C(=O)C2=C(c3cnc(OCCOc4c(Cl)cc(C)cc4Cl)s3)CC3CN(C(=O)OC(C)(C)C)CC2N3C(=O)OC(C)(C)C)C2CC2)c1C. The summed E-state index contributed by atoms with van der Waals surface area (Å²) < 4.78 is 29.3. The minimum absolute atomic E-state index is 0.00555. The van der Waals surface area contributed by atoms with Crippen LogP contribution < -0.4 is 14.2 Å². The number of benzene rings is 2. The number of thiazole rings is 1. The number of rotatable bonds is 11. The summed E-state index contributed by atoms with van der Waals surface area (Å²) in [5, 5.41) is 1.21. The molecule has 6 rings (SSSR count). The number of hydrogen-bond donors (Lipinski definition) is 0. The standard InChI is InChI=1S/C42H52Cl2N4O8S/c1-24-17-30(43)36(31(44)18-24)53-15-16-54-38-45-20-34(57-38)29-19-28-22-46(39(50)55-41(3,4)5)23-32(48(28)40(51)56-42(6,7)8)35(29)37(49)47(27-13-14-27)21-26-11-10-12-33(52-9)25(26)2/h10-12,17-18,20,27-28,32H,13-16,19,21-23H2,1-9H3. The monoisotopic (exact) mass is 842 g/mol. The Hall–Kier alpha value is -4.20. The van der Waals surface area contributed by atoms with Crippen LogP contribution in [-0.2, 0) is 20.8 Å². The molecule has 57 heavy (non-hydrogen) atoms. The molecule has 2 bridgehead atoms. The average molecular weight is 844 g/mol. The molecule has 0 N–H and O–H groups in total. The zero-order valence-electron chi connectivity index (χ0n) is 34.1. The number of methoxy groups -OCH3 is 1. The van der Waals surface area contributed by atoms with Crippen molar-refractivity contribution < 1.29 is 38.1 Å². The number of ether oxygens (including phenoxy) is 5. The van der Waals surface area contributed by atoms with E-state index in [9.17, 15) is 9.59 Å². The topological polar surface area (TPSA) is 120 Å². The number of amides is 3. The van der Waals surface area contributed by atoms with Gasteiger partial charge in [0.2, 0.25) is 0 Å². The van der Waals surface area contributed by atoms with E-state index in [0.29, 0.717) is 33.1 Å². The van der Waals surface area contributed by atoms with Crippen molar-refractivity contribution in [3.8, 4) is 16.7 Å². The molecule has 3 aliphatic rings. The highest BCUT2D eigenvalue weighted by Crippen LogP contribution is 2.44. The molecule has 2 fully saturated rings. The molecule has 15 heteroatoms. The van der Waals surface area contributed by atoms with E-state index in [1.54, 1.807) is 35.2 Å². The largest absolute Gasteiger partial charge is 0.496 e. The predicted molar refractivity (Wildman–Crippen MR) is 221 cm³/mol. The molecule has 1 aromatic heterocycles. The first-order chi connectivity index (χ1) is 26.8. The fourth-order valence-electron chi connectivity index (χ4n) is 7.18. The zero-order valence-corrected chi connectivity index (χ0v) is 36.4. The Balaban J connectivity index is 1.37. The lowest BCUT2D eigenvalue weighted by atomic mass is 9.83. The second kappa shape index (κ2) is 17.0. The molecular formula is C42H52Cl2N4O8S. The fraction of sp³-hybridized carbons (Fsp3) is 0.524. The van der Waals surface area contributed by atoms with Gasteiger partial charge in [0, 0.05) is 37.4 Å². The molecule has 2 aromatic carbocycles. The molecule has 308 valence electrons. The molecule has 12 nitrogen and oxygen atoms in total. The van der Waals surface area contributed by atoms with Crippen molar-refractivity contribution in [3.05, 3.63) is 73.7 Å². The van der Waals surface area contributed by atoms with Gasteiger partial charge < -0.3 is 33.5 Å². The van der Waals surface area contributed by atoms with E-state index >= 15 is 4.79 Å². The van der Waals surface area contributed by atoms with E-state index in [1.807, 2.05) is 78.5 Å². The van der Waals surface area contributed by atoms with Gasteiger partial charge in [0.1, 0.15) is 30.2 Å². The maximum Gasteiger partial charge on any atom is 0.411 e. The van der Waals surface area contributed by atoms with E-state index in [2.05, 4.69) is 4.98 Å². The lowest BCUT2D eigenvalue weighted by Gasteiger charge is -2.51. The van der Waals surface area contributed by atoms with Gasteiger partial charge in [0.25, 0.3) is 11.1 Å². The third-order valence-corrected chi connectivity index (χ3v) is 11.4. The van der Waals surface area contributed by atoms with Crippen molar-refractivity contribution in [2.75, 3.05) is 33.4 Å². The summed E-state index contributed by atoms with van der Waals surface area (Å²) >= 11 is 14.0. The molecule has 0 radical (unpaired) electrons. The molecule has 1 saturated heterocycles. The number of halogens is 2. The summed E-state index contributed by atoms with van der Waals surface area (Å²) in [6, 6.07) is 8.04. The first kappa shape index (κ1) is 42.4. The number of aryl methyl sites for hydroxylation is 1. The van der Waals surface area contributed by atoms with Crippen molar-refractivity contribution in [1.29, 1.82) is 0 Å². The lowest BCUT2D eigenvalue weighted by Crippen LogP contribution is -2.66. The van der Waals surface area contributed by atoms with Gasteiger partial charge in [-0.2, -0.15) is 0 Å². The van der Waals surface area contributed by atoms with Crippen LogP contribution in [0.15, 0.2) is 42.1 Å². The summed E-state index contributed by atoms with van der Waals surface area (Å²) in [5.74, 6) is 0.905. The Labute approximate surface area is 348 Å². The molecule has 2 unspecified atom stereocenters. The quantitative estimate of drug-likeness (QED) is 0.174. The number of aromatic nitrogens is 1. The van der Waals surface area contributed by atoms with Crippen LogP contribution in [0.5, 0.6) is 16.7 Å². The normalized spacial score (nSPS) is 18.3. The molecule has 3 amide bonds. The van der Waals surface area contributed by atoms with Crippen LogP contribution in [0.25, 0.3) is 5.57 Å². The average Bonchev–Trinajstić information content (AvgIpc) is 3.84. The first-order valence-electron chi connectivity index (χ1n) is 19.2. The van der Waals surface area contributed by atoms with Gasteiger partial charge in [-0.1, -0.05) is 46.7 Å². The molecule has 1 saturated carbocycles. The van der Waals surface area contributed by atoms with Crippen LogP contribution in [0.1, 0.15) is 82.4 Å². The van der Waals surface area contributed by atoms with Gasteiger partial charge in [0.15, 0.2) is 5.75 Å². The summed E-state index contributed by atoms with van der Waals surface area (Å²) in [6.07, 6.45) is 2.62. The van der Waals surface area contributed by atoms with Gasteiger partial charge >= 0.3 is 12.2 Å².